The van der Waals surface area contributed by atoms with Crippen LogP contribution in [0.4, 0.5) is 17.2 Å². The predicted octanol–water partition coefficient (Wildman–Crippen LogP) is 30.5. The van der Waals surface area contributed by atoms with Crippen LogP contribution >= 0.6 is 0 Å². The molecule has 9 aromatic heterocycles. The largest absolute Gasteiger partial charge is 0.351 e. The predicted molar refractivity (Wildman–Crippen MR) is 588 cm³/mol. The van der Waals surface area contributed by atoms with Crippen LogP contribution in [0.25, 0.3) is 154 Å². The van der Waals surface area contributed by atoms with E-state index in [0.29, 0.717) is 41.7 Å². The van der Waals surface area contributed by atoms with Gasteiger partial charge in [0.05, 0.1) is 27.2 Å². The fourth-order valence-electron chi connectivity index (χ4n) is 27.2. The third-order valence-corrected chi connectivity index (χ3v) is 33.2. The molecule has 11 nitrogen and oxygen atoms in total. The number of aromatic nitrogens is 9. The molecule has 0 spiro atoms. The molecular formula is C131H127N11+4. The SMILES string of the molecule is CC(C)Cc1cccc(CC(C)C)c1-c1c[n+]2c3c4c(cccc4c4ccccc4n13)C2.CC(C)c1cccc(C(C)C)c1-c1c[n+]2c3c4c(cccc4c4ccccc4n13)C2.CN1c2cccnc2N2c3ccccc3CC12.Cc1ccc2c(c1)c1cccc3c1c1n2c(-c2c(C)cccc2C)c[n+]1C3.c1cc(C2CCCCC2)c(-c2c[n+]3c4c5c(cccc5c5ccccc5n24)C3)c(C2CCCCC2)c1. The second kappa shape index (κ2) is 34.7. The lowest BCUT2D eigenvalue weighted by atomic mass is 9.76. The molecule has 0 radical (unpaired) electrons. The lowest BCUT2D eigenvalue weighted by Gasteiger charge is -2.29. The van der Waals surface area contributed by atoms with Crippen molar-refractivity contribution in [2.75, 3.05) is 16.8 Å². The summed E-state index contributed by atoms with van der Waals surface area (Å²) in [6.07, 6.45) is 28.9. The maximum atomic E-state index is 4.54. The summed E-state index contributed by atoms with van der Waals surface area (Å²) >= 11 is 0. The Kier molecular flexibility index (Phi) is 21.4. The molecule has 6 aliphatic heterocycles. The molecule has 1 atom stereocenters. The van der Waals surface area contributed by atoms with Crippen LogP contribution in [0.1, 0.15) is 221 Å². The summed E-state index contributed by atoms with van der Waals surface area (Å²) in [7, 11) is 2.15. The Morgan fingerprint density at radius 2 is 0.690 bits per heavy atom. The fourth-order valence-corrected chi connectivity index (χ4v) is 27.2. The number of pyridine rings is 5. The molecule has 13 aromatic carbocycles. The first kappa shape index (κ1) is 87.7. The molecule has 0 bridgehead atoms. The van der Waals surface area contributed by atoms with Crippen molar-refractivity contribution < 1.29 is 18.3 Å². The van der Waals surface area contributed by atoms with Crippen LogP contribution in [-0.4, -0.2) is 35.8 Å². The lowest BCUT2D eigenvalue weighted by molar-refractivity contribution is -0.657. The highest BCUT2D eigenvalue weighted by molar-refractivity contribution is 6.17. The highest BCUT2D eigenvalue weighted by Gasteiger charge is 2.44. The Morgan fingerprint density at radius 1 is 0.324 bits per heavy atom. The van der Waals surface area contributed by atoms with Gasteiger partial charge in [-0.1, -0.05) is 324 Å². The molecule has 702 valence electrons. The van der Waals surface area contributed by atoms with Crippen molar-refractivity contribution in [3.05, 3.63) is 382 Å². The third-order valence-electron chi connectivity index (χ3n) is 33.2. The molecule has 0 N–H and O–H groups in total. The highest BCUT2D eigenvalue weighted by atomic mass is 15.4. The van der Waals surface area contributed by atoms with Gasteiger partial charge in [-0.15, -0.1) is 0 Å². The zero-order chi connectivity index (χ0) is 95.9. The second-order valence-corrected chi connectivity index (χ2v) is 43.8. The monoisotopic (exact) mass is 1850 g/mol. The van der Waals surface area contributed by atoms with Crippen molar-refractivity contribution in [2.24, 2.45) is 11.8 Å². The molecule has 2 saturated carbocycles. The highest BCUT2D eigenvalue weighted by Crippen LogP contribution is 2.52. The van der Waals surface area contributed by atoms with Crippen molar-refractivity contribution in [2.45, 2.75) is 216 Å². The molecule has 30 rings (SSSR count). The Labute approximate surface area is 832 Å². The number of nitrogens with zero attached hydrogens (tertiary/aromatic N) is 11. The van der Waals surface area contributed by atoms with E-state index in [1.807, 2.05) is 12.3 Å². The molecule has 0 saturated heterocycles. The minimum absolute atomic E-state index is 0.400. The van der Waals surface area contributed by atoms with Crippen molar-refractivity contribution in [1.82, 2.24) is 22.6 Å². The van der Waals surface area contributed by atoms with Gasteiger partial charge in [-0.25, -0.2) is 23.3 Å². The Balaban J connectivity index is 0.0000000923. The Hall–Kier alpha value is -14.6. The summed E-state index contributed by atoms with van der Waals surface area (Å²) in [5.74, 6) is 4.68. The average Bonchev–Trinajstić information content (AvgIpc) is 1.55. The summed E-state index contributed by atoms with van der Waals surface area (Å²) in [6, 6.07) is 102. The lowest BCUT2D eigenvalue weighted by Crippen LogP contribution is -2.36. The van der Waals surface area contributed by atoms with Crippen molar-refractivity contribution >= 4 is 126 Å². The summed E-state index contributed by atoms with van der Waals surface area (Å²) in [4.78, 5) is 9.21. The molecule has 22 aromatic rings. The van der Waals surface area contributed by atoms with Gasteiger partial charge in [-0.05, 0) is 193 Å². The Bertz CT molecular complexity index is 8850. The van der Waals surface area contributed by atoms with E-state index in [2.05, 4.69) is 426 Å². The van der Waals surface area contributed by atoms with Crippen LogP contribution < -0.4 is 28.1 Å². The van der Waals surface area contributed by atoms with Crippen LogP contribution in [-0.2, 0) is 45.4 Å². The number of benzene rings is 13. The van der Waals surface area contributed by atoms with Gasteiger partial charge in [-0.2, -0.15) is 17.6 Å². The van der Waals surface area contributed by atoms with E-state index < -0.39 is 0 Å². The number of fused-ring (bicyclic) bond motifs is 17. The summed E-state index contributed by atoms with van der Waals surface area (Å²) in [5.41, 5.74) is 44.6. The van der Waals surface area contributed by atoms with E-state index in [1.54, 1.807) is 16.7 Å². The van der Waals surface area contributed by atoms with E-state index in [9.17, 15) is 0 Å². The number of aryl methyl sites for hydroxylation is 3. The molecule has 1 unspecified atom stereocenters. The number of hydrogen-bond acceptors (Lipinski definition) is 3. The van der Waals surface area contributed by atoms with Crippen LogP contribution in [0, 0.1) is 32.6 Å². The first-order chi connectivity index (χ1) is 69.5. The molecule has 142 heavy (non-hydrogen) atoms. The van der Waals surface area contributed by atoms with Crippen LogP contribution in [0.15, 0.2) is 304 Å². The van der Waals surface area contributed by atoms with Crippen molar-refractivity contribution in [3.63, 3.8) is 0 Å². The standard InChI is InChI=1S/C34H35N2.C30H31N2.C28H27N2.C25H21N2.C14H13N3/c1-3-11-23(12-4-1)26-17-10-18-27(24-13-5-2-6-14-24)33(26)31-22-35-21-25-15-9-19-29-28-16-7-8-20-30(28)36(31)34(35)32(25)29;1-19(2)15-21-9-7-10-22(16-20(3)4)28(21)27-18-31-17-23-11-8-13-25-24-12-5-6-14-26(24)32(27)30(31)29(23)25;1-17(2)20-11-8-12-21(18(3)4)27(20)25-16-29-15-19-9-7-13-23-22-10-5-6-14-24(22)30(25)28(29)26(19)23;1-15-10-11-21-20(12-15)19-9-5-8-18-13-26-14-22(27(21)25(26)24(18)19)23-16(2)6-4-7-17(23)3;1-16-12-7-4-8-15-14(12)17-11-6-3-2-5-10(11)9-13(16)17/h7-10,15-20,22-24H,1-6,11-14,21H2;5-14,18-20H,15-17H2,1-4H3;5-14,16-18H,15H2,1-4H3;4-12,14H,13H2,1-3H3;2-8,13H,9H2,1H3/q4*+1;. The molecule has 0 amide bonds. The van der Waals surface area contributed by atoms with Gasteiger partial charge in [0.1, 0.15) is 79.2 Å². The number of anilines is 3. The minimum atomic E-state index is 0.400. The van der Waals surface area contributed by atoms with Crippen molar-refractivity contribution in [1.29, 1.82) is 0 Å². The van der Waals surface area contributed by atoms with E-state index in [4.69, 9.17) is 0 Å². The molecule has 15 heterocycles. The van der Waals surface area contributed by atoms with Gasteiger partial charge in [0.2, 0.25) is 0 Å². The zero-order valence-electron chi connectivity index (χ0n) is 84.3. The van der Waals surface area contributed by atoms with E-state index >= 15 is 0 Å². The number of imidazole rings is 4. The fraction of sp³-hybridized carbons (Fsp3) is 0.275. The van der Waals surface area contributed by atoms with Gasteiger partial charge in [0, 0.05) is 113 Å². The average molecular weight is 1860 g/mol. The van der Waals surface area contributed by atoms with E-state index in [-0.39, 0.29) is 0 Å². The first-order valence-electron chi connectivity index (χ1n) is 53.0. The first-order valence-corrected chi connectivity index (χ1v) is 53.0. The van der Waals surface area contributed by atoms with Gasteiger partial charge in [0.15, 0.2) is 28.6 Å². The van der Waals surface area contributed by atoms with Crippen LogP contribution in [0.3, 0.4) is 0 Å². The quantitative estimate of drug-likeness (QED) is 0.0905. The molecular weight excluding hydrogens is 1730 g/mol. The van der Waals surface area contributed by atoms with Crippen LogP contribution in [0.5, 0.6) is 0 Å². The van der Waals surface area contributed by atoms with Crippen LogP contribution in [0.2, 0.25) is 0 Å². The van der Waals surface area contributed by atoms with E-state index in [1.165, 1.54) is 291 Å². The number of rotatable bonds is 12. The maximum absolute atomic E-state index is 4.54. The molecule has 11 heteroatoms. The zero-order valence-corrected chi connectivity index (χ0v) is 84.3. The van der Waals surface area contributed by atoms with Gasteiger partial charge in [-0.3, -0.25) is 0 Å². The topological polar surface area (TPSA) is 52.5 Å². The normalized spacial score (nSPS) is 15.3. The van der Waals surface area contributed by atoms with E-state index in [0.717, 1.165) is 51.3 Å². The van der Waals surface area contributed by atoms with Gasteiger partial charge in [0.25, 0.3) is 22.6 Å². The van der Waals surface area contributed by atoms with Gasteiger partial charge < -0.3 is 9.80 Å². The molecule has 8 aliphatic rings. The van der Waals surface area contributed by atoms with Crippen molar-refractivity contribution in [3.8, 4) is 45.0 Å². The molecule has 2 aliphatic carbocycles. The third kappa shape index (κ3) is 13.9. The second-order valence-electron chi connectivity index (χ2n) is 43.8. The summed E-state index contributed by atoms with van der Waals surface area (Å²) in [5, 5.41) is 16.6. The Morgan fingerprint density at radius 3 is 1.15 bits per heavy atom. The minimum Gasteiger partial charge on any atom is -0.351 e. The molecule has 2 fully saturated rings. The summed E-state index contributed by atoms with van der Waals surface area (Å²) < 4.78 is 20.1. The smallest absolute Gasteiger partial charge is 0.295 e. The number of hydrogen-bond donors (Lipinski definition) is 0. The number of likely N-dealkylation sites (N-methyl/N-ethyl adjacent to an activating group) is 1. The number of para-hydroxylation sites is 4. The summed E-state index contributed by atoms with van der Waals surface area (Å²) in [6.45, 7) is 29.0. The maximum Gasteiger partial charge on any atom is 0.295 e. The van der Waals surface area contributed by atoms with Gasteiger partial charge >= 0.3 is 0 Å².